The van der Waals surface area contributed by atoms with Gasteiger partial charge in [0.2, 0.25) is 0 Å². The van der Waals surface area contributed by atoms with Gasteiger partial charge >= 0.3 is 0 Å². The molecular weight excluding hydrogens is 403 g/mol. The highest BCUT2D eigenvalue weighted by atomic mass is 35.5. The number of rotatable bonds is 5. The van der Waals surface area contributed by atoms with Gasteiger partial charge in [0, 0.05) is 48.6 Å². The molecule has 0 aliphatic rings. The number of nitrogens with zero attached hydrogens (tertiary/aromatic N) is 3. The lowest BCUT2D eigenvalue weighted by atomic mass is 10.1. The van der Waals surface area contributed by atoms with E-state index in [0.29, 0.717) is 12.1 Å². The number of aromatic nitrogens is 2. The van der Waals surface area contributed by atoms with Gasteiger partial charge in [-0.2, -0.15) is 0 Å². The van der Waals surface area contributed by atoms with Crippen LogP contribution < -0.4 is 15.4 Å². The minimum Gasteiger partial charge on any atom is -0.497 e. The molecule has 30 heavy (non-hydrogen) atoms. The maximum atomic E-state index is 13.6. The van der Waals surface area contributed by atoms with Crippen LogP contribution in [0.25, 0.3) is 22.0 Å². The summed E-state index contributed by atoms with van der Waals surface area (Å²) in [6, 6.07) is 14.5. The van der Waals surface area contributed by atoms with Gasteiger partial charge in [-0.1, -0.05) is 23.7 Å². The number of ether oxygens (including phenoxy) is 1. The Morgan fingerprint density at radius 3 is 2.57 bits per heavy atom. The van der Waals surface area contributed by atoms with Crippen molar-refractivity contribution in [2.45, 2.75) is 6.54 Å². The molecule has 0 aliphatic carbocycles. The Bertz CT molecular complexity index is 1210. The number of halogens is 2. The van der Waals surface area contributed by atoms with Crippen LogP contribution in [0.4, 0.5) is 15.9 Å². The van der Waals surface area contributed by atoms with Crippen LogP contribution in [-0.2, 0) is 6.54 Å². The predicted molar refractivity (Wildman–Crippen MR) is 119 cm³/mol. The molecule has 4 rings (SSSR count). The molecular formula is C23H20ClFN4O. The van der Waals surface area contributed by atoms with Crippen LogP contribution in [0, 0.1) is 5.82 Å². The van der Waals surface area contributed by atoms with Crippen molar-refractivity contribution in [3.05, 3.63) is 77.3 Å². The third-order valence-corrected chi connectivity index (χ3v) is 5.23. The molecule has 0 radical (unpaired) electrons. The molecule has 2 heterocycles. The van der Waals surface area contributed by atoms with Crippen LogP contribution >= 0.6 is 11.6 Å². The molecule has 0 saturated heterocycles. The Labute approximate surface area is 178 Å². The third kappa shape index (κ3) is 4.00. The molecule has 4 aromatic rings. The zero-order chi connectivity index (χ0) is 21.3. The lowest BCUT2D eigenvalue weighted by molar-refractivity contribution is 0.414. The number of hydrogen-bond donors (Lipinski definition) is 1. The van der Waals surface area contributed by atoms with Gasteiger partial charge in [0.05, 0.1) is 23.3 Å². The SMILES string of the molecule is COc1ccc(CN(C)c2cc3ncc(-c4cc(N)c(F)cc4Cl)cc3cn2)cc1. The summed E-state index contributed by atoms with van der Waals surface area (Å²) in [4.78, 5) is 11.2. The maximum Gasteiger partial charge on any atom is 0.147 e. The molecule has 7 heteroatoms. The number of pyridine rings is 2. The Hall–Kier alpha value is -3.38. The van der Waals surface area contributed by atoms with Crippen LogP contribution in [0.2, 0.25) is 5.02 Å². The zero-order valence-electron chi connectivity index (χ0n) is 16.6. The van der Waals surface area contributed by atoms with E-state index in [-0.39, 0.29) is 10.7 Å². The monoisotopic (exact) mass is 422 g/mol. The van der Waals surface area contributed by atoms with Crippen molar-refractivity contribution < 1.29 is 9.13 Å². The molecule has 0 atom stereocenters. The fourth-order valence-corrected chi connectivity index (χ4v) is 3.50. The van der Waals surface area contributed by atoms with Crippen molar-refractivity contribution in [1.82, 2.24) is 9.97 Å². The first-order valence-electron chi connectivity index (χ1n) is 9.29. The summed E-state index contributed by atoms with van der Waals surface area (Å²) in [7, 11) is 3.63. The minimum atomic E-state index is -0.538. The van der Waals surface area contributed by atoms with Gasteiger partial charge in [-0.05, 0) is 35.9 Å². The summed E-state index contributed by atoms with van der Waals surface area (Å²) >= 11 is 6.20. The molecule has 5 nitrogen and oxygen atoms in total. The van der Waals surface area contributed by atoms with Crippen molar-refractivity contribution in [2.75, 3.05) is 24.8 Å². The summed E-state index contributed by atoms with van der Waals surface area (Å²) in [5.41, 5.74) is 9.07. The highest BCUT2D eigenvalue weighted by molar-refractivity contribution is 6.33. The van der Waals surface area contributed by atoms with Crippen molar-refractivity contribution in [2.24, 2.45) is 0 Å². The summed E-state index contributed by atoms with van der Waals surface area (Å²) in [5.74, 6) is 1.10. The van der Waals surface area contributed by atoms with E-state index in [4.69, 9.17) is 22.1 Å². The summed E-state index contributed by atoms with van der Waals surface area (Å²) in [5, 5.41) is 1.14. The molecule has 0 fully saturated rings. The van der Waals surface area contributed by atoms with E-state index >= 15 is 0 Å². The van der Waals surface area contributed by atoms with Gasteiger partial charge in [-0.3, -0.25) is 4.98 Å². The Kier molecular flexibility index (Phi) is 5.42. The van der Waals surface area contributed by atoms with E-state index in [2.05, 4.69) is 9.97 Å². The van der Waals surface area contributed by atoms with Crippen LogP contribution in [-0.4, -0.2) is 24.1 Å². The van der Waals surface area contributed by atoms with E-state index in [1.807, 2.05) is 48.3 Å². The second-order valence-corrected chi connectivity index (χ2v) is 7.42. The highest BCUT2D eigenvalue weighted by Crippen LogP contribution is 2.32. The van der Waals surface area contributed by atoms with E-state index < -0.39 is 5.82 Å². The number of benzene rings is 2. The second-order valence-electron chi connectivity index (χ2n) is 7.02. The van der Waals surface area contributed by atoms with Gasteiger partial charge < -0.3 is 15.4 Å². The Morgan fingerprint density at radius 2 is 1.83 bits per heavy atom. The number of hydrogen-bond acceptors (Lipinski definition) is 5. The first kappa shape index (κ1) is 19.9. The minimum absolute atomic E-state index is 0.0446. The number of anilines is 2. The molecule has 2 N–H and O–H groups in total. The lowest BCUT2D eigenvalue weighted by Crippen LogP contribution is -2.17. The van der Waals surface area contributed by atoms with E-state index in [1.165, 1.54) is 12.1 Å². The van der Waals surface area contributed by atoms with Crippen LogP contribution in [0.5, 0.6) is 5.75 Å². The fourth-order valence-electron chi connectivity index (χ4n) is 3.24. The van der Waals surface area contributed by atoms with Crippen LogP contribution in [0.3, 0.4) is 0 Å². The number of methoxy groups -OCH3 is 1. The fraction of sp³-hybridized carbons (Fsp3) is 0.130. The number of nitrogen functional groups attached to an aromatic ring is 1. The normalized spacial score (nSPS) is 10.9. The molecule has 0 unspecified atom stereocenters. The first-order valence-corrected chi connectivity index (χ1v) is 9.67. The zero-order valence-corrected chi connectivity index (χ0v) is 17.3. The molecule has 0 bridgehead atoms. The summed E-state index contributed by atoms with van der Waals surface area (Å²) in [6.45, 7) is 0.699. The predicted octanol–water partition coefficient (Wildman–Crippen LogP) is 5.32. The highest BCUT2D eigenvalue weighted by Gasteiger charge is 2.11. The number of nitrogens with two attached hydrogens (primary N) is 1. The standard InChI is InChI=1S/C23H20ClFN4O/c1-29(13-14-3-5-17(30-2)6-4-14)23-10-22-16(12-28-23)7-15(11-27-22)18-8-21(26)20(25)9-19(18)24/h3-12H,13,26H2,1-2H3. The lowest BCUT2D eigenvalue weighted by Gasteiger charge is -2.19. The second kappa shape index (κ2) is 8.16. The molecule has 0 saturated carbocycles. The average molecular weight is 423 g/mol. The van der Waals surface area contributed by atoms with Crippen LogP contribution in [0.1, 0.15) is 5.56 Å². The van der Waals surface area contributed by atoms with Crippen molar-refractivity contribution in [3.63, 3.8) is 0 Å². The first-order chi connectivity index (χ1) is 14.4. The average Bonchev–Trinajstić information content (AvgIpc) is 2.76. The van der Waals surface area contributed by atoms with Crippen molar-refractivity contribution >= 4 is 34.0 Å². The molecule has 2 aromatic carbocycles. The van der Waals surface area contributed by atoms with Gasteiger partial charge in [0.25, 0.3) is 0 Å². The van der Waals surface area contributed by atoms with Gasteiger partial charge in [-0.25, -0.2) is 9.37 Å². The summed E-state index contributed by atoms with van der Waals surface area (Å²) < 4.78 is 18.8. The molecule has 152 valence electrons. The van der Waals surface area contributed by atoms with E-state index in [9.17, 15) is 4.39 Å². The van der Waals surface area contributed by atoms with Gasteiger partial charge in [0.15, 0.2) is 0 Å². The third-order valence-electron chi connectivity index (χ3n) is 4.92. The van der Waals surface area contributed by atoms with Crippen molar-refractivity contribution in [1.29, 1.82) is 0 Å². The van der Waals surface area contributed by atoms with E-state index in [0.717, 1.165) is 33.6 Å². The summed E-state index contributed by atoms with van der Waals surface area (Å²) in [6.07, 6.45) is 3.47. The number of fused-ring (bicyclic) bond motifs is 1. The molecule has 0 amide bonds. The quantitative estimate of drug-likeness (QED) is 0.441. The Morgan fingerprint density at radius 1 is 1.07 bits per heavy atom. The van der Waals surface area contributed by atoms with Gasteiger partial charge in [0.1, 0.15) is 17.4 Å². The van der Waals surface area contributed by atoms with E-state index in [1.54, 1.807) is 19.5 Å². The van der Waals surface area contributed by atoms with Gasteiger partial charge in [-0.15, -0.1) is 0 Å². The smallest absolute Gasteiger partial charge is 0.147 e. The topological polar surface area (TPSA) is 64.3 Å². The van der Waals surface area contributed by atoms with Crippen LogP contribution in [0.15, 0.2) is 60.9 Å². The molecule has 0 aliphatic heterocycles. The maximum absolute atomic E-state index is 13.6. The Balaban J connectivity index is 1.60. The molecule has 2 aromatic heterocycles. The molecule has 0 spiro atoms. The van der Waals surface area contributed by atoms with Crippen molar-refractivity contribution in [3.8, 4) is 16.9 Å². The largest absolute Gasteiger partial charge is 0.497 e.